The van der Waals surface area contributed by atoms with Crippen LogP contribution in [0.5, 0.6) is 0 Å². The maximum absolute atomic E-state index is 13.6. The average molecular weight is 278 g/mol. The Hall–Kier alpha value is -0.780. The van der Waals surface area contributed by atoms with E-state index < -0.39 is 43.8 Å². The molecule has 1 aliphatic rings. The number of ether oxygens (including phenoxy) is 1. The van der Waals surface area contributed by atoms with Gasteiger partial charge in [-0.3, -0.25) is 4.18 Å². The number of carbonyl (C=O) groups is 1. The quantitative estimate of drug-likeness (QED) is 0.420. The van der Waals surface area contributed by atoms with Gasteiger partial charge in [-0.2, -0.15) is 21.2 Å². The van der Waals surface area contributed by atoms with Crippen molar-refractivity contribution in [3.63, 3.8) is 0 Å². The first-order valence-corrected chi connectivity index (χ1v) is 6.83. The minimum atomic E-state index is -4.78. The number of alkyl halides is 1. The van der Waals surface area contributed by atoms with Gasteiger partial charge in [-0.1, -0.05) is 0 Å². The van der Waals surface area contributed by atoms with Gasteiger partial charge in [0.1, 0.15) is 6.61 Å². The average Bonchev–Trinajstić information content (AvgIpc) is 2.18. The summed E-state index contributed by atoms with van der Waals surface area (Å²) >= 11 is 0. The van der Waals surface area contributed by atoms with Crippen LogP contribution >= 0.6 is 0 Å². The Morgan fingerprint density at radius 2 is 1.88 bits per heavy atom. The largest absolute Gasteiger partial charge is 0.465 e. The Balaban J connectivity index is 3.16. The van der Waals surface area contributed by atoms with Crippen LogP contribution in [0.1, 0.15) is 0 Å². The standard InChI is InChI=1S/C5H7FO8S2/c1-12-4(7)5(6)2-13-15(8,9)3-16(10,11)14-5/h2-3H2,1H3. The number of halogens is 1. The van der Waals surface area contributed by atoms with Gasteiger partial charge in [-0.25, -0.2) is 8.98 Å². The monoisotopic (exact) mass is 278 g/mol. The fourth-order valence-electron chi connectivity index (χ4n) is 0.871. The second-order valence-corrected chi connectivity index (χ2v) is 6.37. The van der Waals surface area contributed by atoms with Gasteiger partial charge in [0.25, 0.3) is 20.2 Å². The number of rotatable bonds is 1. The van der Waals surface area contributed by atoms with Gasteiger partial charge in [-0.15, -0.1) is 0 Å². The van der Waals surface area contributed by atoms with Crippen LogP contribution in [-0.2, 0) is 38.1 Å². The Kier molecular flexibility index (Phi) is 3.24. The highest BCUT2D eigenvalue weighted by molar-refractivity contribution is 8.03. The van der Waals surface area contributed by atoms with Crippen LogP contribution in [0.2, 0.25) is 0 Å². The molecule has 1 unspecified atom stereocenters. The number of carbonyl (C=O) groups excluding carboxylic acids is 1. The molecule has 94 valence electrons. The summed E-state index contributed by atoms with van der Waals surface area (Å²) in [4.78, 5) is 10.9. The van der Waals surface area contributed by atoms with Crippen LogP contribution in [0.4, 0.5) is 4.39 Å². The van der Waals surface area contributed by atoms with E-state index in [9.17, 15) is 26.0 Å². The van der Waals surface area contributed by atoms with Crippen LogP contribution in [0.15, 0.2) is 0 Å². The zero-order valence-corrected chi connectivity index (χ0v) is 9.51. The normalized spacial score (nSPS) is 32.6. The van der Waals surface area contributed by atoms with Crippen LogP contribution in [0, 0.1) is 0 Å². The van der Waals surface area contributed by atoms with Gasteiger partial charge in [0.05, 0.1) is 7.11 Å². The van der Waals surface area contributed by atoms with Crippen LogP contribution < -0.4 is 0 Å². The van der Waals surface area contributed by atoms with Gasteiger partial charge in [0.2, 0.25) is 5.08 Å². The number of methoxy groups -OCH3 is 1. The van der Waals surface area contributed by atoms with E-state index in [1.807, 2.05) is 0 Å². The molecule has 0 aromatic heterocycles. The number of hydrogen-bond acceptors (Lipinski definition) is 8. The van der Waals surface area contributed by atoms with E-state index in [1.165, 1.54) is 0 Å². The predicted octanol–water partition coefficient (Wildman–Crippen LogP) is -1.51. The highest BCUT2D eigenvalue weighted by Gasteiger charge is 2.51. The first kappa shape index (κ1) is 13.3. The second-order valence-electron chi connectivity index (χ2n) is 2.80. The zero-order valence-electron chi connectivity index (χ0n) is 7.87. The molecule has 1 saturated heterocycles. The summed E-state index contributed by atoms with van der Waals surface area (Å²) in [5.74, 6) is -5.19. The lowest BCUT2D eigenvalue weighted by atomic mass is 10.3. The molecular weight excluding hydrogens is 271 g/mol. The van der Waals surface area contributed by atoms with Gasteiger partial charge in [0.15, 0.2) is 0 Å². The third-order valence-corrected chi connectivity index (χ3v) is 4.77. The van der Waals surface area contributed by atoms with Crippen LogP contribution in [0.3, 0.4) is 0 Å². The fourth-order valence-corrected chi connectivity index (χ4v) is 3.60. The molecule has 1 atom stereocenters. The van der Waals surface area contributed by atoms with E-state index in [0.29, 0.717) is 0 Å². The Morgan fingerprint density at radius 3 is 2.38 bits per heavy atom. The maximum atomic E-state index is 13.6. The molecule has 0 amide bonds. The van der Waals surface area contributed by atoms with Crippen molar-refractivity contribution in [3.05, 3.63) is 0 Å². The molecule has 0 saturated carbocycles. The number of hydrogen-bond donors (Lipinski definition) is 0. The molecule has 1 heterocycles. The molecule has 0 aromatic rings. The molecule has 0 radical (unpaired) electrons. The summed E-state index contributed by atoms with van der Waals surface area (Å²) in [5, 5.41) is -1.57. The zero-order chi connectivity index (χ0) is 12.6. The number of esters is 1. The van der Waals surface area contributed by atoms with Crippen molar-refractivity contribution in [1.29, 1.82) is 0 Å². The molecule has 0 aromatic carbocycles. The first-order valence-electron chi connectivity index (χ1n) is 3.68. The lowest BCUT2D eigenvalue weighted by Crippen LogP contribution is -2.42. The van der Waals surface area contributed by atoms with E-state index in [4.69, 9.17) is 0 Å². The molecule has 1 rings (SSSR count). The van der Waals surface area contributed by atoms with Crippen LogP contribution in [0.25, 0.3) is 0 Å². The molecule has 0 N–H and O–H groups in total. The van der Waals surface area contributed by atoms with E-state index in [2.05, 4.69) is 13.1 Å². The van der Waals surface area contributed by atoms with Gasteiger partial charge in [0, 0.05) is 0 Å². The second kappa shape index (κ2) is 3.91. The third-order valence-electron chi connectivity index (χ3n) is 1.46. The van der Waals surface area contributed by atoms with Crippen molar-refractivity contribution in [3.8, 4) is 0 Å². The minimum Gasteiger partial charge on any atom is -0.465 e. The highest BCUT2D eigenvalue weighted by atomic mass is 32.3. The van der Waals surface area contributed by atoms with Crippen molar-refractivity contribution in [2.45, 2.75) is 5.85 Å². The van der Waals surface area contributed by atoms with E-state index in [0.717, 1.165) is 7.11 Å². The maximum Gasteiger partial charge on any atom is 0.375 e. The van der Waals surface area contributed by atoms with Crippen LogP contribution in [-0.4, -0.2) is 47.5 Å². The SMILES string of the molecule is COC(=O)C1(F)COS(=O)(=O)CS(=O)(=O)O1. The summed E-state index contributed by atoms with van der Waals surface area (Å²) in [6.45, 7) is -1.42. The van der Waals surface area contributed by atoms with Crippen molar-refractivity contribution in [2.24, 2.45) is 0 Å². The molecule has 1 aliphatic heterocycles. The van der Waals surface area contributed by atoms with Crippen molar-refractivity contribution < 1.29 is 39.1 Å². The smallest absolute Gasteiger partial charge is 0.375 e. The van der Waals surface area contributed by atoms with E-state index >= 15 is 0 Å². The summed E-state index contributed by atoms with van der Waals surface area (Å²) in [6.07, 6.45) is 0. The van der Waals surface area contributed by atoms with E-state index in [1.54, 1.807) is 0 Å². The Labute approximate surface area is 90.5 Å². The third kappa shape index (κ3) is 2.87. The summed E-state index contributed by atoms with van der Waals surface area (Å²) in [5.41, 5.74) is 0. The summed E-state index contributed by atoms with van der Waals surface area (Å²) in [6, 6.07) is 0. The Morgan fingerprint density at radius 1 is 1.31 bits per heavy atom. The molecule has 0 bridgehead atoms. The Bertz CT molecular complexity index is 493. The lowest BCUT2D eigenvalue weighted by molar-refractivity contribution is -0.181. The first-order chi connectivity index (χ1) is 7.10. The van der Waals surface area contributed by atoms with Gasteiger partial charge < -0.3 is 4.74 Å². The lowest BCUT2D eigenvalue weighted by Gasteiger charge is -2.17. The molecule has 11 heteroatoms. The minimum absolute atomic E-state index is 0.777. The molecule has 1 fully saturated rings. The fraction of sp³-hybridized carbons (Fsp3) is 0.800. The molecular formula is C5H7FO8S2. The summed E-state index contributed by atoms with van der Waals surface area (Å²) < 4.78 is 69.0. The molecule has 0 spiro atoms. The van der Waals surface area contributed by atoms with E-state index in [-0.39, 0.29) is 0 Å². The predicted molar refractivity (Wildman–Crippen MR) is 45.6 cm³/mol. The van der Waals surface area contributed by atoms with Gasteiger partial charge >= 0.3 is 11.8 Å². The van der Waals surface area contributed by atoms with Crippen molar-refractivity contribution >= 4 is 26.2 Å². The molecule has 8 nitrogen and oxygen atoms in total. The highest BCUT2D eigenvalue weighted by Crippen LogP contribution is 2.24. The van der Waals surface area contributed by atoms with Crippen molar-refractivity contribution in [2.75, 3.05) is 18.8 Å². The molecule has 0 aliphatic carbocycles. The van der Waals surface area contributed by atoms with Gasteiger partial charge in [-0.05, 0) is 0 Å². The van der Waals surface area contributed by atoms with Crippen molar-refractivity contribution in [1.82, 2.24) is 0 Å². The topological polar surface area (TPSA) is 113 Å². The molecule has 16 heavy (non-hydrogen) atoms. The summed E-state index contributed by atoms with van der Waals surface area (Å²) in [7, 11) is -8.50.